The minimum Gasteiger partial charge on any atom is -0.387 e. The Kier molecular flexibility index (Phi) is 52.1. The number of aliphatic hydroxyl groups is 1. The van der Waals surface area contributed by atoms with Gasteiger partial charge in [-0.1, -0.05) is 282 Å². The lowest BCUT2D eigenvalue weighted by Crippen LogP contribution is -2.45. The van der Waals surface area contributed by atoms with E-state index in [2.05, 4.69) is 31.3 Å². The first-order chi connectivity index (χ1) is 34.0. The van der Waals surface area contributed by atoms with Crippen molar-refractivity contribution in [2.24, 2.45) is 0 Å². The monoisotopic (exact) mass is 1010 g/mol. The number of carbonyl (C=O) groups excluding carboxylic acids is 1. The van der Waals surface area contributed by atoms with E-state index in [4.69, 9.17) is 9.05 Å². The van der Waals surface area contributed by atoms with Crippen LogP contribution >= 0.6 is 7.82 Å². The number of hydrogen-bond donors (Lipinski definition) is 3. The van der Waals surface area contributed by atoms with E-state index in [1.807, 2.05) is 27.2 Å². The molecule has 0 aromatic heterocycles. The number of phosphoric ester groups is 1. The molecule has 0 saturated carbocycles. The first-order valence-corrected chi connectivity index (χ1v) is 32.2. The molecular formula is C61H122N2O6P+. The maximum Gasteiger partial charge on any atom is 0.472 e. The molecule has 0 aromatic rings. The normalized spacial score (nSPS) is 14.0. The summed E-state index contributed by atoms with van der Waals surface area (Å²) in [4.78, 5) is 23.3. The number of aliphatic hydroxyl groups excluding tert-OH is 1. The van der Waals surface area contributed by atoms with Gasteiger partial charge in [0.1, 0.15) is 13.2 Å². The number of quaternary nitrogens is 1. The average Bonchev–Trinajstić information content (AvgIpc) is 3.32. The van der Waals surface area contributed by atoms with Gasteiger partial charge in [0.25, 0.3) is 0 Å². The van der Waals surface area contributed by atoms with E-state index >= 15 is 0 Å². The Bertz CT molecular complexity index is 1190. The second kappa shape index (κ2) is 52.8. The number of unbranched alkanes of at least 4 members (excludes halogenated alkanes) is 42. The third-order valence-corrected chi connectivity index (χ3v) is 15.1. The Morgan fingerprint density at radius 2 is 0.771 bits per heavy atom. The van der Waals surface area contributed by atoms with Crippen LogP contribution < -0.4 is 5.32 Å². The maximum atomic E-state index is 13.0. The van der Waals surface area contributed by atoms with Gasteiger partial charge in [-0.25, -0.2) is 4.57 Å². The fourth-order valence-corrected chi connectivity index (χ4v) is 10.1. The molecule has 3 unspecified atom stereocenters. The molecular weight excluding hydrogens is 888 g/mol. The van der Waals surface area contributed by atoms with Gasteiger partial charge in [0, 0.05) is 6.42 Å². The Balaban J connectivity index is 4.12. The van der Waals surface area contributed by atoms with Crippen LogP contribution in [0.25, 0.3) is 0 Å². The molecule has 8 nitrogen and oxygen atoms in total. The first kappa shape index (κ1) is 69.0. The van der Waals surface area contributed by atoms with Crippen LogP contribution in [0.4, 0.5) is 0 Å². The number of phosphoric acid groups is 1. The number of allylic oxidation sites excluding steroid dienone is 3. The lowest BCUT2D eigenvalue weighted by atomic mass is 10.0. The summed E-state index contributed by atoms with van der Waals surface area (Å²) in [6.45, 7) is 4.87. The Morgan fingerprint density at radius 1 is 0.471 bits per heavy atom. The van der Waals surface area contributed by atoms with E-state index in [1.165, 1.54) is 257 Å². The van der Waals surface area contributed by atoms with Crippen molar-refractivity contribution in [1.82, 2.24) is 5.32 Å². The summed E-state index contributed by atoms with van der Waals surface area (Å²) in [5, 5.41) is 14.0. The van der Waals surface area contributed by atoms with Crippen LogP contribution in [0.1, 0.15) is 309 Å². The molecule has 1 amide bonds. The zero-order valence-corrected chi connectivity index (χ0v) is 48.4. The minimum atomic E-state index is -4.35. The summed E-state index contributed by atoms with van der Waals surface area (Å²) in [6, 6.07) is -0.845. The SMILES string of the molecule is CCCCCCCCCCCCCC/C=C\CCCCCCCCCCCCCCC(=O)NC(COP(=O)(O)OCC[N+](C)(C)C)C(O)/C=C/CCCCCCCCCCCCCCCCCCCC. The highest BCUT2D eigenvalue weighted by Gasteiger charge is 2.27. The number of carbonyl (C=O) groups is 1. The van der Waals surface area contributed by atoms with E-state index in [9.17, 15) is 19.4 Å². The maximum absolute atomic E-state index is 13.0. The van der Waals surface area contributed by atoms with E-state index < -0.39 is 20.0 Å². The van der Waals surface area contributed by atoms with Crippen LogP contribution in [0.3, 0.4) is 0 Å². The van der Waals surface area contributed by atoms with Gasteiger partial charge in [0.05, 0.1) is 39.9 Å². The van der Waals surface area contributed by atoms with Gasteiger partial charge >= 0.3 is 7.82 Å². The largest absolute Gasteiger partial charge is 0.472 e. The smallest absolute Gasteiger partial charge is 0.387 e. The van der Waals surface area contributed by atoms with E-state index in [1.54, 1.807) is 6.08 Å². The molecule has 0 spiro atoms. The van der Waals surface area contributed by atoms with Gasteiger partial charge in [-0.3, -0.25) is 13.8 Å². The molecule has 0 rings (SSSR count). The molecule has 0 aliphatic heterocycles. The highest BCUT2D eigenvalue weighted by molar-refractivity contribution is 7.47. The zero-order valence-electron chi connectivity index (χ0n) is 47.5. The summed E-state index contributed by atoms with van der Waals surface area (Å²) >= 11 is 0. The van der Waals surface area contributed by atoms with Crippen molar-refractivity contribution in [3.8, 4) is 0 Å². The molecule has 0 saturated heterocycles. The summed E-state index contributed by atoms with van der Waals surface area (Å²) < 4.78 is 23.7. The second-order valence-electron chi connectivity index (χ2n) is 22.4. The topological polar surface area (TPSA) is 105 Å². The number of nitrogens with one attached hydrogen (secondary N) is 1. The lowest BCUT2D eigenvalue weighted by Gasteiger charge is -2.25. The second-order valence-corrected chi connectivity index (χ2v) is 23.9. The molecule has 3 atom stereocenters. The van der Waals surface area contributed by atoms with Crippen molar-refractivity contribution in [3.63, 3.8) is 0 Å². The predicted octanol–water partition coefficient (Wildman–Crippen LogP) is 18.8. The van der Waals surface area contributed by atoms with Gasteiger partial charge in [-0.15, -0.1) is 0 Å². The van der Waals surface area contributed by atoms with Crippen LogP contribution in [0.5, 0.6) is 0 Å². The number of amides is 1. The number of hydrogen-bond acceptors (Lipinski definition) is 5. The molecule has 0 aromatic carbocycles. The minimum absolute atomic E-state index is 0.0635. The van der Waals surface area contributed by atoms with Crippen LogP contribution in [0.15, 0.2) is 24.3 Å². The molecule has 70 heavy (non-hydrogen) atoms. The van der Waals surface area contributed by atoms with E-state index in [0.717, 1.165) is 32.1 Å². The fraction of sp³-hybridized carbons (Fsp3) is 0.918. The van der Waals surface area contributed by atoms with Gasteiger partial charge < -0.3 is 19.8 Å². The summed E-state index contributed by atoms with van der Waals surface area (Å²) in [5.74, 6) is -0.172. The van der Waals surface area contributed by atoms with E-state index in [0.29, 0.717) is 17.4 Å². The van der Waals surface area contributed by atoms with Crippen LogP contribution in [0.2, 0.25) is 0 Å². The lowest BCUT2D eigenvalue weighted by molar-refractivity contribution is -0.870. The van der Waals surface area contributed by atoms with Crippen LogP contribution in [-0.4, -0.2) is 73.4 Å². The van der Waals surface area contributed by atoms with Gasteiger partial charge in [-0.2, -0.15) is 0 Å². The van der Waals surface area contributed by atoms with Crippen molar-refractivity contribution >= 4 is 13.7 Å². The summed E-state index contributed by atoms with van der Waals surface area (Å²) in [6.07, 6.45) is 67.2. The Labute approximate surface area is 436 Å². The predicted molar refractivity (Wildman–Crippen MR) is 305 cm³/mol. The molecule has 9 heteroatoms. The Hall–Kier alpha value is -1.02. The van der Waals surface area contributed by atoms with Crippen molar-refractivity contribution < 1.29 is 32.9 Å². The molecule has 0 radical (unpaired) electrons. The van der Waals surface area contributed by atoms with Gasteiger partial charge in [-0.05, 0) is 44.9 Å². The molecule has 0 fully saturated rings. The Morgan fingerprint density at radius 3 is 1.10 bits per heavy atom. The van der Waals surface area contributed by atoms with Crippen molar-refractivity contribution in [1.29, 1.82) is 0 Å². The fourth-order valence-electron chi connectivity index (χ4n) is 9.33. The standard InChI is InChI=1S/C61H121N2O6P/c1-6-8-10-12-14-16-18-20-22-24-26-28-29-30-31-32-33-34-35-37-39-41-43-45-47-49-51-53-55-61(65)62-59(58-69-70(66,67)68-57-56-63(3,4)5)60(64)54-52-50-48-46-44-42-40-38-36-27-25-23-21-19-17-15-13-11-9-7-2/h30-31,52,54,59-60,64H,6-29,32-51,53,55-58H2,1-5H3,(H-,62,65,66,67)/p+1/b31-30-,54-52+. The number of rotatable bonds is 57. The quantitative estimate of drug-likeness (QED) is 0.0243. The first-order valence-electron chi connectivity index (χ1n) is 30.7. The van der Waals surface area contributed by atoms with Gasteiger partial charge in [0.2, 0.25) is 5.91 Å². The molecule has 0 aliphatic carbocycles. The van der Waals surface area contributed by atoms with Crippen molar-refractivity contribution in [2.45, 2.75) is 321 Å². The highest BCUT2D eigenvalue weighted by atomic mass is 31.2. The highest BCUT2D eigenvalue weighted by Crippen LogP contribution is 2.43. The van der Waals surface area contributed by atoms with Crippen LogP contribution in [0, 0.1) is 0 Å². The van der Waals surface area contributed by atoms with Crippen molar-refractivity contribution in [3.05, 3.63) is 24.3 Å². The molecule has 0 heterocycles. The number of nitrogens with zero attached hydrogens (tertiary/aromatic N) is 1. The van der Waals surface area contributed by atoms with Gasteiger partial charge in [0.15, 0.2) is 0 Å². The zero-order chi connectivity index (χ0) is 51.3. The van der Waals surface area contributed by atoms with E-state index in [-0.39, 0.29) is 19.1 Å². The third-order valence-electron chi connectivity index (χ3n) is 14.2. The summed E-state index contributed by atoms with van der Waals surface area (Å²) in [7, 11) is 1.59. The molecule has 0 aliphatic rings. The van der Waals surface area contributed by atoms with Crippen molar-refractivity contribution in [2.75, 3.05) is 40.9 Å². The molecule has 3 N–H and O–H groups in total. The third kappa shape index (κ3) is 54.7. The summed E-state index contributed by atoms with van der Waals surface area (Å²) in [5.41, 5.74) is 0. The average molecular weight is 1010 g/mol. The number of likely N-dealkylation sites (N-methyl/N-ethyl adjacent to an activating group) is 1. The van der Waals surface area contributed by atoms with Crippen LogP contribution in [-0.2, 0) is 18.4 Å². The molecule has 416 valence electrons. The molecule has 0 bridgehead atoms.